The molecule has 1 aromatic carbocycles. The van der Waals surface area contributed by atoms with Gasteiger partial charge in [0.05, 0.1) is 19.3 Å². The van der Waals surface area contributed by atoms with Crippen molar-refractivity contribution >= 4 is 21.7 Å². The molecule has 1 aromatic rings. The van der Waals surface area contributed by atoms with E-state index in [-0.39, 0.29) is 11.9 Å². The van der Waals surface area contributed by atoms with Crippen molar-refractivity contribution in [3.05, 3.63) is 26.7 Å². The maximum absolute atomic E-state index is 12.2. The summed E-state index contributed by atoms with van der Waals surface area (Å²) in [7, 11) is 1.60. The van der Waals surface area contributed by atoms with Crippen LogP contribution < -0.4 is 4.74 Å². The number of ether oxygens (including phenoxy) is 2. The molecule has 4 heteroatoms. The highest BCUT2D eigenvalue weighted by atomic mass is 79.9. The average Bonchev–Trinajstić information content (AvgIpc) is 3.14. The van der Waals surface area contributed by atoms with Crippen molar-refractivity contribution in [1.82, 2.24) is 0 Å². The predicted octanol–water partition coefficient (Wildman–Crippen LogP) is 2.96. The first-order valence-corrected chi connectivity index (χ1v) is 6.27. The number of methoxy groups -OCH3 is 1. The smallest absolute Gasteiger partial charge is 0.197 e. The van der Waals surface area contributed by atoms with E-state index in [1.165, 1.54) is 0 Å². The van der Waals surface area contributed by atoms with Crippen LogP contribution in [0.5, 0.6) is 5.75 Å². The molecule has 1 saturated heterocycles. The molecule has 1 aliphatic heterocycles. The highest BCUT2D eigenvalue weighted by Crippen LogP contribution is 2.37. The number of hydrogen-bond acceptors (Lipinski definition) is 3. The lowest BCUT2D eigenvalue weighted by Gasteiger charge is -2.17. The summed E-state index contributed by atoms with van der Waals surface area (Å²) in [5.41, 5.74) is 3.66. The first kappa shape index (κ1) is 12.6. The van der Waals surface area contributed by atoms with Crippen molar-refractivity contribution in [2.24, 2.45) is 0 Å². The van der Waals surface area contributed by atoms with Gasteiger partial charge in [-0.1, -0.05) is 15.9 Å². The number of hydrogen-bond donors (Lipinski definition) is 0. The second-order valence-electron chi connectivity index (χ2n) is 4.28. The van der Waals surface area contributed by atoms with Crippen LogP contribution in [0.2, 0.25) is 0 Å². The first-order chi connectivity index (χ1) is 7.99. The lowest BCUT2D eigenvalue weighted by Crippen LogP contribution is -2.13. The molecule has 1 atom stereocenters. The Morgan fingerprint density at radius 3 is 2.35 bits per heavy atom. The van der Waals surface area contributed by atoms with Gasteiger partial charge in [0.1, 0.15) is 11.9 Å². The van der Waals surface area contributed by atoms with Gasteiger partial charge in [0.2, 0.25) is 0 Å². The van der Waals surface area contributed by atoms with Crippen LogP contribution in [0.4, 0.5) is 0 Å². The maximum Gasteiger partial charge on any atom is 0.197 e. The Morgan fingerprint density at radius 1 is 1.29 bits per heavy atom. The Bertz CT molecular complexity index is 490. The number of benzene rings is 1. The molecule has 0 spiro atoms. The van der Waals surface area contributed by atoms with Gasteiger partial charge in [0.25, 0.3) is 0 Å². The standard InChI is InChI=1S/C13H15BrO3/c1-6-7(2)13(16-4)10(8(3)11(6)14)12(15)9-5-17-9/h9H,5H2,1-4H3. The summed E-state index contributed by atoms with van der Waals surface area (Å²) < 4.78 is 11.4. The van der Waals surface area contributed by atoms with Crippen LogP contribution in [0.25, 0.3) is 0 Å². The average molecular weight is 299 g/mol. The predicted molar refractivity (Wildman–Crippen MR) is 69.0 cm³/mol. The molecule has 0 amide bonds. The summed E-state index contributed by atoms with van der Waals surface area (Å²) in [5, 5.41) is 0. The van der Waals surface area contributed by atoms with Crippen molar-refractivity contribution < 1.29 is 14.3 Å². The van der Waals surface area contributed by atoms with Gasteiger partial charge in [-0.2, -0.15) is 0 Å². The molecule has 1 fully saturated rings. The van der Waals surface area contributed by atoms with Gasteiger partial charge >= 0.3 is 0 Å². The number of Topliss-reactive ketones (excluding diaryl/α,β-unsaturated/α-hetero) is 1. The van der Waals surface area contributed by atoms with Crippen LogP contribution in [-0.2, 0) is 4.74 Å². The summed E-state index contributed by atoms with van der Waals surface area (Å²) in [6.07, 6.45) is -0.281. The highest BCUT2D eigenvalue weighted by Gasteiger charge is 2.36. The largest absolute Gasteiger partial charge is 0.496 e. The van der Waals surface area contributed by atoms with Crippen molar-refractivity contribution in [3.63, 3.8) is 0 Å². The molecular weight excluding hydrogens is 284 g/mol. The van der Waals surface area contributed by atoms with E-state index in [0.29, 0.717) is 17.9 Å². The Labute approximate surface area is 109 Å². The molecular formula is C13H15BrO3. The lowest BCUT2D eigenvalue weighted by atomic mass is 9.95. The van der Waals surface area contributed by atoms with Crippen molar-refractivity contribution in [2.45, 2.75) is 26.9 Å². The van der Waals surface area contributed by atoms with Crippen LogP contribution in [0.15, 0.2) is 4.47 Å². The van der Waals surface area contributed by atoms with Gasteiger partial charge in [-0.25, -0.2) is 0 Å². The topological polar surface area (TPSA) is 38.8 Å². The summed E-state index contributed by atoms with van der Waals surface area (Å²) in [6.45, 7) is 6.42. The monoisotopic (exact) mass is 298 g/mol. The molecule has 1 aliphatic rings. The molecule has 0 bridgehead atoms. The van der Waals surface area contributed by atoms with Gasteiger partial charge < -0.3 is 9.47 Å². The molecule has 0 aliphatic carbocycles. The molecule has 0 N–H and O–H groups in total. The van der Waals surface area contributed by atoms with Crippen molar-refractivity contribution in [3.8, 4) is 5.75 Å². The normalized spacial score (nSPS) is 18.1. The van der Waals surface area contributed by atoms with Crippen LogP contribution >= 0.6 is 15.9 Å². The molecule has 0 saturated carbocycles. The quantitative estimate of drug-likeness (QED) is 0.636. The van der Waals surface area contributed by atoms with E-state index in [9.17, 15) is 4.79 Å². The van der Waals surface area contributed by atoms with Gasteiger partial charge in [-0.05, 0) is 37.5 Å². The molecule has 92 valence electrons. The fraction of sp³-hybridized carbons (Fsp3) is 0.462. The zero-order valence-electron chi connectivity index (χ0n) is 10.4. The molecule has 0 radical (unpaired) electrons. The van der Waals surface area contributed by atoms with E-state index < -0.39 is 0 Å². The van der Waals surface area contributed by atoms with Crippen molar-refractivity contribution in [1.29, 1.82) is 0 Å². The van der Waals surface area contributed by atoms with Gasteiger partial charge in [-0.3, -0.25) is 4.79 Å². The summed E-state index contributed by atoms with van der Waals surface area (Å²) >= 11 is 3.53. The fourth-order valence-corrected chi connectivity index (χ4v) is 2.49. The zero-order chi connectivity index (χ0) is 12.7. The maximum atomic E-state index is 12.2. The fourth-order valence-electron chi connectivity index (χ4n) is 2.00. The number of halogens is 1. The SMILES string of the molecule is COc1c(C)c(C)c(Br)c(C)c1C(=O)C1CO1. The van der Waals surface area contributed by atoms with E-state index in [0.717, 1.165) is 21.2 Å². The highest BCUT2D eigenvalue weighted by molar-refractivity contribution is 9.10. The summed E-state index contributed by atoms with van der Waals surface area (Å²) in [5.74, 6) is 0.687. The van der Waals surface area contributed by atoms with Gasteiger partial charge in [0.15, 0.2) is 5.78 Å². The minimum absolute atomic E-state index is 0.0168. The minimum Gasteiger partial charge on any atom is -0.496 e. The van der Waals surface area contributed by atoms with Crippen LogP contribution in [0.1, 0.15) is 27.0 Å². The number of rotatable bonds is 3. The minimum atomic E-state index is -0.281. The van der Waals surface area contributed by atoms with Crippen LogP contribution in [0.3, 0.4) is 0 Å². The lowest BCUT2D eigenvalue weighted by molar-refractivity contribution is 0.0950. The van der Waals surface area contributed by atoms with Gasteiger partial charge in [-0.15, -0.1) is 0 Å². The van der Waals surface area contributed by atoms with Crippen LogP contribution in [-0.4, -0.2) is 25.6 Å². The Balaban J connectivity index is 2.67. The molecule has 1 heterocycles. The third kappa shape index (κ3) is 2.00. The van der Waals surface area contributed by atoms with E-state index >= 15 is 0 Å². The Morgan fingerprint density at radius 2 is 1.88 bits per heavy atom. The van der Waals surface area contributed by atoms with Crippen molar-refractivity contribution in [2.75, 3.05) is 13.7 Å². The van der Waals surface area contributed by atoms with E-state index in [2.05, 4.69) is 15.9 Å². The van der Waals surface area contributed by atoms with E-state index in [4.69, 9.17) is 9.47 Å². The molecule has 3 nitrogen and oxygen atoms in total. The number of carbonyl (C=O) groups is 1. The van der Waals surface area contributed by atoms with E-state index in [1.807, 2.05) is 20.8 Å². The third-order valence-electron chi connectivity index (χ3n) is 3.24. The zero-order valence-corrected chi connectivity index (χ0v) is 12.0. The summed E-state index contributed by atoms with van der Waals surface area (Å²) in [6, 6.07) is 0. The molecule has 1 unspecified atom stereocenters. The van der Waals surface area contributed by atoms with Gasteiger partial charge in [0, 0.05) is 4.47 Å². The first-order valence-electron chi connectivity index (χ1n) is 5.48. The molecule has 0 aromatic heterocycles. The Hall–Kier alpha value is -0.870. The van der Waals surface area contributed by atoms with Crippen LogP contribution in [0, 0.1) is 20.8 Å². The second-order valence-corrected chi connectivity index (χ2v) is 5.08. The number of carbonyl (C=O) groups excluding carboxylic acids is 1. The molecule has 2 rings (SSSR count). The Kier molecular flexibility index (Phi) is 3.27. The summed E-state index contributed by atoms with van der Waals surface area (Å²) in [4.78, 5) is 12.2. The number of ketones is 1. The molecule has 17 heavy (non-hydrogen) atoms. The van der Waals surface area contributed by atoms with E-state index in [1.54, 1.807) is 7.11 Å². The number of epoxide rings is 1. The third-order valence-corrected chi connectivity index (χ3v) is 4.43. The second kappa shape index (κ2) is 4.42.